The average Bonchev–Trinajstić information content (AvgIpc) is 3.77. The number of carbonyl (C=O) groups excluding carboxylic acids is 9. The number of hydrogen-bond donors (Lipinski definition) is 8. The zero-order chi connectivity index (χ0) is 41.0. The van der Waals surface area contributed by atoms with E-state index in [2.05, 4.69) is 26.6 Å². The second-order valence-corrected chi connectivity index (χ2v) is 14.4. The van der Waals surface area contributed by atoms with Crippen LogP contribution in [0.1, 0.15) is 86.5 Å². The summed E-state index contributed by atoms with van der Waals surface area (Å²) in [5.41, 5.74) is 10.8. The van der Waals surface area contributed by atoms with Crippen LogP contribution in [0.5, 0.6) is 0 Å². The van der Waals surface area contributed by atoms with Crippen LogP contribution in [0.4, 0.5) is 0 Å². The molecule has 0 unspecified atom stereocenters. The van der Waals surface area contributed by atoms with Gasteiger partial charge in [0.25, 0.3) is 0 Å². The molecule has 9 amide bonds. The number of rotatable bonds is 19. The Hall–Kier alpha value is -5.30. The van der Waals surface area contributed by atoms with Gasteiger partial charge in [-0.25, -0.2) is 0 Å². The average molecular weight is 766 g/mol. The summed E-state index contributed by atoms with van der Waals surface area (Å²) in [5.74, 6) is -8.80. The fraction of sp³-hybridized carbons (Fsp3) is 0.706. The van der Waals surface area contributed by atoms with Gasteiger partial charge in [-0.3, -0.25) is 47.9 Å². The van der Waals surface area contributed by atoms with Crippen molar-refractivity contribution in [3.05, 3.63) is 0 Å². The molecule has 2 saturated heterocycles. The van der Waals surface area contributed by atoms with Crippen LogP contribution >= 0.6 is 0 Å². The third kappa shape index (κ3) is 12.7. The monoisotopic (exact) mass is 765 g/mol. The summed E-state index contributed by atoms with van der Waals surface area (Å²) >= 11 is 0. The van der Waals surface area contributed by atoms with Crippen LogP contribution in [-0.2, 0) is 47.9 Å². The van der Waals surface area contributed by atoms with Crippen molar-refractivity contribution in [3.63, 3.8) is 0 Å². The Labute approximate surface area is 313 Å². The van der Waals surface area contributed by atoms with Gasteiger partial charge in [-0.1, -0.05) is 27.7 Å². The van der Waals surface area contributed by atoms with Gasteiger partial charge in [-0.15, -0.1) is 0 Å². The largest absolute Gasteiger partial charge is 0.481 e. The van der Waals surface area contributed by atoms with E-state index >= 15 is 0 Å². The first-order chi connectivity index (χ1) is 25.2. The van der Waals surface area contributed by atoms with Crippen LogP contribution in [0.25, 0.3) is 0 Å². The highest BCUT2D eigenvalue weighted by Crippen LogP contribution is 2.22. The number of nitrogens with zero attached hydrogens (tertiary/aromatic N) is 2. The molecule has 0 aromatic carbocycles. The predicted molar refractivity (Wildman–Crippen MR) is 190 cm³/mol. The summed E-state index contributed by atoms with van der Waals surface area (Å²) in [5, 5.41) is 21.4. The first kappa shape index (κ1) is 44.9. The van der Waals surface area contributed by atoms with E-state index in [1.807, 2.05) is 0 Å². The van der Waals surface area contributed by atoms with Gasteiger partial charge < -0.3 is 53.0 Å². The Morgan fingerprint density at radius 1 is 0.667 bits per heavy atom. The molecule has 2 fully saturated rings. The Morgan fingerprint density at radius 3 is 1.70 bits per heavy atom. The fourth-order valence-electron chi connectivity index (χ4n) is 6.44. The lowest BCUT2D eigenvalue weighted by Gasteiger charge is -2.32. The number of primary amides is 2. The van der Waals surface area contributed by atoms with Gasteiger partial charge in [0.1, 0.15) is 42.3 Å². The molecule has 302 valence electrons. The number of carboxylic acids is 1. The van der Waals surface area contributed by atoms with E-state index in [-0.39, 0.29) is 25.3 Å². The number of likely N-dealkylation sites (tertiary alicyclic amines) is 2. The van der Waals surface area contributed by atoms with E-state index in [0.717, 1.165) is 6.92 Å². The first-order valence-corrected chi connectivity index (χ1v) is 18.0. The van der Waals surface area contributed by atoms with E-state index in [1.165, 1.54) is 16.7 Å². The number of nitrogens with two attached hydrogens (primary N) is 2. The highest BCUT2D eigenvalue weighted by atomic mass is 16.4. The van der Waals surface area contributed by atoms with Crippen molar-refractivity contribution in [1.29, 1.82) is 0 Å². The fourth-order valence-corrected chi connectivity index (χ4v) is 6.44. The summed E-state index contributed by atoms with van der Waals surface area (Å²) in [4.78, 5) is 130. The Morgan fingerprint density at radius 2 is 1.20 bits per heavy atom. The quantitative estimate of drug-likeness (QED) is 0.0654. The molecular weight excluding hydrogens is 710 g/mol. The molecule has 20 nitrogen and oxygen atoms in total. The topological polar surface area (TPSA) is 310 Å². The molecule has 0 radical (unpaired) electrons. The van der Waals surface area contributed by atoms with Crippen molar-refractivity contribution < 1.29 is 53.1 Å². The lowest BCUT2D eigenvalue weighted by Crippen LogP contribution is -2.60. The lowest BCUT2D eigenvalue weighted by atomic mass is 10.0. The SMILES string of the molecule is CC(=O)N[C@@H](CCC(=O)O)C(=O)N[C@H](C(=O)N[C@@H](CC(N)=O)C(=O)N[C@@H](C)C(=O)N1CCC[C@H]1C(=O)N[C@H](C(=O)N1CCC[C@H]1C(N)=O)C(C)C)C(C)C. The van der Waals surface area contributed by atoms with Crippen molar-refractivity contribution in [2.45, 2.75) is 129 Å². The Balaban J connectivity index is 2.15. The molecule has 2 heterocycles. The van der Waals surface area contributed by atoms with Crippen molar-refractivity contribution >= 4 is 59.1 Å². The number of carboxylic acid groups (broad SMARTS) is 1. The molecule has 7 atom stereocenters. The standard InChI is InChI=1S/C34H55N9O11/c1-16(2)26(40-29(49)20(38-19(6)44)11-12-25(46)47)32(52)39-21(15-24(35)45)30(50)37-18(5)33(53)43-14-8-10-23(43)31(51)41-27(17(3)4)34(54)42-13-7-9-22(42)28(36)48/h16-18,20-23,26-27H,7-15H2,1-6H3,(H2,35,45)(H2,36,48)(H,37,50)(H,38,44)(H,39,52)(H,40,49)(H,41,51)(H,46,47)/t18-,20-,21-,22-,23-,26-,27-/m0/s1. The summed E-state index contributed by atoms with van der Waals surface area (Å²) in [6.07, 6.45) is 0.323. The molecular formula is C34H55N9O11. The van der Waals surface area contributed by atoms with Crippen LogP contribution in [0.15, 0.2) is 0 Å². The number of hydrogen-bond acceptors (Lipinski definition) is 10. The van der Waals surface area contributed by atoms with Crippen molar-refractivity contribution in [3.8, 4) is 0 Å². The van der Waals surface area contributed by atoms with Crippen LogP contribution in [0.2, 0.25) is 0 Å². The maximum absolute atomic E-state index is 13.6. The Bertz CT molecular complexity index is 1470. The van der Waals surface area contributed by atoms with Crippen LogP contribution in [0.3, 0.4) is 0 Å². The molecule has 0 aromatic rings. The van der Waals surface area contributed by atoms with Crippen LogP contribution in [-0.4, -0.2) is 129 Å². The minimum absolute atomic E-state index is 0.163. The number of aliphatic carboxylic acids is 1. The molecule has 20 heteroatoms. The van der Waals surface area contributed by atoms with Crippen molar-refractivity contribution in [2.24, 2.45) is 23.3 Å². The third-order valence-corrected chi connectivity index (χ3v) is 9.29. The van der Waals surface area contributed by atoms with Gasteiger partial charge in [-0.2, -0.15) is 0 Å². The molecule has 2 aliphatic heterocycles. The molecule has 0 aliphatic carbocycles. The van der Waals surface area contributed by atoms with E-state index in [4.69, 9.17) is 16.6 Å². The number of carbonyl (C=O) groups is 10. The van der Waals surface area contributed by atoms with E-state index < -0.39 is 120 Å². The molecule has 2 rings (SSSR count). The van der Waals surface area contributed by atoms with Crippen molar-refractivity contribution in [2.75, 3.05) is 13.1 Å². The summed E-state index contributed by atoms with van der Waals surface area (Å²) in [7, 11) is 0. The van der Waals surface area contributed by atoms with E-state index in [0.29, 0.717) is 25.8 Å². The molecule has 0 spiro atoms. The normalized spacial score (nSPS) is 19.6. The maximum atomic E-state index is 13.6. The number of nitrogens with one attached hydrogen (secondary N) is 5. The summed E-state index contributed by atoms with van der Waals surface area (Å²) < 4.78 is 0. The highest BCUT2D eigenvalue weighted by molar-refractivity contribution is 5.99. The zero-order valence-corrected chi connectivity index (χ0v) is 31.6. The summed E-state index contributed by atoms with van der Waals surface area (Å²) in [6.45, 7) is 9.58. The zero-order valence-electron chi connectivity index (χ0n) is 31.6. The molecule has 0 aromatic heterocycles. The molecule has 2 aliphatic rings. The second-order valence-electron chi connectivity index (χ2n) is 14.4. The second kappa shape index (κ2) is 20.2. The number of amides is 9. The van der Waals surface area contributed by atoms with Gasteiger partial charge in [0, 0.05) is 26.4 Å². The van der Waals surface area contributed by atoms with Gasteiger partial charge >= 0.3 is 5.97 Å². The van der Waals surface area contributed by atoms with Crippen molar-refractivity contribution in [1.82, 2.24) is 36.4 Å². The van der Waals surface area contributed by atoms with E-state index in [1.54, 1.807) is 27.7 Å². The maximum Gasteiger partial charge on any atom is 0.303 e. The minimum Gasteiger partial charge on any atom is -0.481 e. The van der Waals surface area contributed by atoms with Gasteiger partial charge in [0.2, 0.25) is 53.2 Å². The van der Waals surface area contributed by atoms with Crippen LogP contribution in [0, 0.1) is 11.8 Å². The van der Waals surface area contributed by atoms with Gasteiger partial charge in [0.15, 0.2) is 0 Å². The third-order valence-electron chi connectivity index (χ3n) is 9.29. The molecule has 10 N–H and O–H groups in total. The van der Waals surface area contributed by atoms with Gasteiger partial charge in [-0.05, 0) is 50.9 Å². The lowest BCUT2D eigenvalue weighted by molar-refractivity contribution is -0.144. The Kier molecular flexibility index (Phi) is 16.8. The minimum atomic E-state index is -1.59. The van der Waals surface area contributed by atoms with Crippen LogP contribution < -0.4 is 38.1 Å². The predicted octanol–water partition coefficient (Wildman–Crippen LogP) is -3.03. The first-order valence-electron chi connectivity index (χ1n) is 18.0. The van der Waals surface area contributed by atoms with Gasteiger partial charge in [0.05, 0.1) is 6.42 Å². The molecule has 0 bridgehead atoms. The molecule has 0 saturated carbocycles. The molecule has 54 heavy (non-hydrogen) atoms. The highest BCUT2D eigenvalue weighted by Gasteiger charge is 2.42. The summed E-state index contributed by atoms with van der Waals surface area (Å²) in [6, 6.07) is -8.19. The smallest absolute Gasteiger partial charge is 0.303 e. The van der Waals surface area contributed by atoms with E-state index in [9.17, 15) is 47.9 Å².